The Balaban J connectivity index is 1.79. The predicted octanol–water partition coefficient (Wildman–Crippen LogP) is 4.77. The van der Waals surface area contributed by atoms with Crippen molar-refractivity contribution >= 4 is 17.7 Å². The van der Waals surface area contributed by atoms with Crippen LogP contribution >= 0.6 is 0 Å². The van der Waals surface area contributed by atoms with Gasteiger partial charge in [0, 0.05) is 41.6 Å². The summed E-state index contributed by atoms with van der Waals surface area (Å²) in [6, 6.07) is 0. The van der Waals surface area contributed by atoms with Gasteiger partial charge in [-0.2, -0.15) is 0 Å². The highest BCUT2D eigenvalue weighted by atomic mass is 16.6. The zero-order chi connectivity index (χ0) is 32.0. The summed E-state index contributed by atoms with van der Waals surface area (Å²) in [7, 11) is 0. The van der Waals surface area contributed by atoms with Crippen LogP contribution < -0.4 is 0 Å². The molecule has 2 fully saturated rings. The second-order valence-corrected chi connectivity index (χ2v) is 13.8. The first kappa shape index (κ1) is 33.3. The molecule has 0 spiro atoms. The van der Waals surface area contributed by atoms with Crippen molar-refractivity contribution in [1.82, 2.24) is 0 Å². The van der Waals surface area contributed by atoms with E-state index >= 15 is 0 Å². The van der Waals surface area contributed by atoms with E-state index in [9.17, 15) is 29.7 Å². The number of carbonyl (C=O) groups is 3. The monoisotopic (exact) mass is 598 g/mol. The van der Waals surface area contributed by atoms with Gasteiger partial charge in [-0.05, 0) is 37.3 Å². The van der Waals surface area contributed by atoms with E-state index in [1.807, 2.05) is 26.8 Å². The molecule has 2 saturated carbocycles. The summed E-state index contributed by atoms with van der Waals surface area (Å²) in [4.78, 5) is 40.0. The van der Waals surface area contributed by atoms with Crippen LogP contribution in [0, 0.1) is 35.0 Å². The Bertz CT molecular complexity index is 1240. The van der Waals surface area contributed by atoms with E-state index in [2.05, 4.69) is 6.92 Å². The number of hydrogen-bond acceptors (Lipinski definition) is 8. The maximum atomic E-state index is 13.4. The molecular weight excluding hydrogens is 548 g/mol. The molecule has 0 radical (unpaired) electrons. The number of carbonyl (C=O) groups excluding carboxylic acids is 3. The Hall–Kier alpha value is -2.55. The van der Waals surface area contributed by atoms with Gasteiger partial charge in [0.15, 0.2) is 11.4 Å². The molecule has 0 aliphatic heterocycles. The zero-order valence-electron chi connectivity index (χ0n) is 26.8. The minimum atomic E-state index is -1.96. The van der Waals surface area contributed by atoms with E-state index in [4.69, 9.17) is 9.47 Å². The molecule has 1 unspecified atom stereocenters. The molecule has 0 aromatic carbocycles. The molecule has 9 atom stereocenters. The number of unbranched alkanes of at least 4 members (excludes halogenated alkanes) is 3. The van der Waals surface area contributed by atoms with Gasteiger partial charge in [0.2, 0.25) is 0 Å². The van der Waals surface area contributed by atoms with Crippen LogP contribution in [0.5, 0.6) is 0 Å². The van der Waals surface area contributed by atoms with Crippen LogP contribution in [0.2, 0.25) is 0 Å². The fraction of sp³-hybridized carbons (Fsp3) is 0.686. The summed E-state index contributed by atoms with van der Waals surface area (Å²) in [6.45, 7) is 12.6. The smallest absolute Gasteiger partial charge is 0.331 e. The number of ketones is 1. The minimum Gasteiger partial charge on any atom is -0.455 e. The Morgan fingerprint density at radius 3 is 2.47 bits per heavy atom. The molecule has 43 heavy (non-hydrogen) atoms. The van der Waals surface area contributed by atoms with Crippen LogP contribution in [0.25, 0.3) is 0 Å². The van der Waals surface area contributed by atoms with Crippen LogP contribution in [-0.2, 0) is 23.9 Å². The Morgan fingerprint density at radius 1 is 1.14 bits per heavy atom. The molecule has 0 heterocycles. The maximum absolute atomic E-state index is 13.4. The number of allylic oxidation sites excluding steroid dienone is 3. The average Bonchev–Trinajstić information content (AvgIpc) is 3.39. The summed E-state index contributed by atoms with van der Waals surface area (Å²) in [5.41, 5.74) is -4.94. The second kappa shape index (κ2) is 12.1. The van der Waals surface area contributed by atoms with Crippen molar-refractivity contribution in [2.75, 3.05) is 6.61 Å². The number of ether oxygens (including phenoxy) is 2. The summed E-state index contributed by atoms with van der Waals surface area (Å²) >= 11 is 0. The molecule has 4 aliphatic carbocycles. The van der Waals surface area contributed by atoms with Gasteiger partial charge in [-0.25, -0.2) is 4.79 Å². The number of Topliss-reactive ketones (excluding diaryl/α,β-unsaturated/α-hetero) is 1. The van der Waals surface area contributed by atoms with Crippen LogP contribution in [0.15, 0.2) is 47.6 Å². The van der Waals surface area contributed by atoms with Crippen LogP contribution in [0.3, 0.4) is 0 Å². The van der Waals surface area contributed by atoms with Crippen molar-refractivity contribution < 1.29 is 39.2 Å². The molecule has 0 saturated heterocycles. The van der Waals surface area contributed by atoms with Gasteiger partial charge in [0.1, 0.15) is 11.7 Å². The topological polar surface area (TPSA) is 130 Å². The average molecular weight is 599 g/mol. The molecule has 0 bridgehead atoms. The number of aliphatic hydroxyl groups excluding tert-OH is 1. The molecule has 0 aromatic heterocycles. The molecule has 3 N–H and O–H groups in total. The lowest BCUT2D eigenvalue weighted by molar-refractivity contribution is -0.228. The van der Waals surface area contributed by atoms with E-state index in [1.54, 1.807) is 45.1 Å². The first-order chi connectivity index (χ1) is 20.2. The van der Waals surface area contributed by atoms with Crippen molar-refractivity contribution in [3.63, 3.8) is 0 Å². The summed E-state index contributed by atoms with van der Waals surface area (Å²) in [5, 5.41) is 34.9. The van der Waals surface area contributed by atoms with Gasteiger partial charge >= 0.3 is 11.9 Å². The zero-order valence-corrected chi connectivity index (χ0v) is 26.8. The van der Waals surface area contributed by atoms with Gasteiger partial charge in [0.05, 0.1) is 18.1 Å². The largest absolute Gasteiger partial charge is 0.455 e. The summed E-state index contributed by atoms with van der Waals surface area (Å²) in [5.74, 6) is -5.02. The SMILES string of the molecule is CCCCC/C=C\C=C\C(=O)O[C@@H]1[C@@H](C)[C@@]2(O)[C@@H](C=C(CO)C[C@]3(O)C(=O)C(C)=C[C@@H]23)[C@@H]2C(C)(C)[C@]12OC(=O)C(C)CC. The van der Waals surface area contributed by atoms with Crippen molar-refractivity contribution in [3.05, 3.63) is 47.6 Å². The maximum Gasteiger partial charge on any atom is 0.331 e. The Morgan fingerprint density at radius 2 is 1.84 bits per heavy atom. The fourth-order valence-electron chi connectivity index (χ4n) is 8.24. The van der Waals surface area contributed by atoms with Crippen LogP contribution in [0.1, 0.15) is 87.0 Å². The van der Waals surface area contributed by atoms with E-state index in [1.165, 1.54) is 6.08 Å². The van der Waals surface area contributed by atoms with E-state index in [0.717, 1.165) is 25.7 Å². The van der Waals surface area contributed by atoms with Gasteiger partial charge in [0.25, 0.3) is 0 Å². The quantitative estimate of drug-likeness (QED) is 0.102. The highest BCUT2D eigenvalue weighted by Crippen LogP contribution is 2.77. The second-order valence-electron chi connectivity index (χ2n) is 13.8. The minimum absolute atomic E-state index is 0.128. The number of rotatable bonds is 11. The molecule has 0 amide bonds. The van der Waals surface area contributed by atoms with E-state index in [-0.39, 0.29) is 6.42 Å². The Kier molecular flexibility index (Phi) is 9.38. The molecule has 4 aliphatic rings. The lowest BCUT2D eigenvalue weighted by Gasteiger charge is -2.53. The number of fused-ring (bicyclic) bond motifs is 5. The van der Waals surface area contributed by atoms with E-state index < -0.39 is 82.2 Å². The molecule has 8 nitrogen and oxygen atoms in total. The van der Waals surface area contributed by atoms with Crippen molar-refractivity contribution in [2.24, 2.45) is 35.0 Å². The first-order valence-corrected chi connectivity index (χ1v) is 15.9. The van der Waals surface area contributed by atoms with Crippen molar-refractivity contribution in [1.29, 1.82) is 0 Å². The third-order valence-corrected chi connectivity index (χ3v) is 10.9. The molecule has 8 heteroatoms. The van der Waals surface area contributed by atoms with Gasteiger partial charge in [-0.1, -0.05) is 84.8 Å². The van der Waals surface area contributed by atoms with Gasteiger partial charge in [-0.15, -0.1) is 0 Å². The third kappa shape index (κ3) is 5.17. The highest BCUT2D eigenvalue weighted by Gasteiger charge is 2.88. The lowest BCUT2D eigenvalue weighted by Crippen LogP contribution is -2.66. The molecular formula is C35H50O8. The highest BCUT2D eigenvalue weighted by molar-refractivity contribution is 6.04. The van der Waals surface area contributed by atoms with Crippen molar-refractivity contribution in [3.8, 4) is 0 Å². The number of esters is 2. The molecule has 0 aromatic rings. The van der Waals surface area contributed by atoms with Crippen LogP contribution in [0.4, 0.5) is 0 Å². The fourth-order valence-corrected chi connectivity index (χ4v) is 8.24. The van der Waals surface area contributed by atoms with Crippen molar-refractivity contribution in [2.45, 2.75) is 110 Å². The number of aliphatic hydroxyl groups is 3. The summed E-state index contributed by atoms with van der Waals surface area (Å²) in [6.07, 6.45) is 13.7. The summed E-state index contributed by atoms with van der Waals surface area (Å²) < 4.78 is 12.5. The van der Waals surface area contributed by atoms with Gasteiger partial charge < -0.3 is 24.8 Å². The van der Waals surface area contributed by atoms with Gasteiger partial charge in [-0.3, -0.25) is 9.59 Å². The first-order valence-electron chi connectivity index (χ1n) is 15.9. The van der Waals surface area contributed by atoms with Crippen LogP contribution in [-0.4, -0.2) is 62.6 Å². The normalized spacial score (nSPS) is 38.5. The number of hydrogen-bond donors (Lipinski definition) is 3. The lowest BCUT2D eigenvalue weighted by atomic mass is 9.59. The third-order valence-electron chi connectivity index (χ3n) is 10.9. The predicted molar refractivity (Wildman–Crippen MR) is 162 cm³/mol. The Labute approximate surface area is 255 Å². The molecule has 238 valence electrons. The standard InChI is InChI=1S/C35H50O8/c1-8-10-11-12-13-14-15-16-27(37)42-30-23(5)34(41)25(28-32(6,7)35(28,30)43-31(39)21(3)9-2)18-24(20-36)19-33(40)26(34)17-22(4)29(33)38/h13-18,21,23,25-26,28,30,36,40-41H,8-12,19-20H2,1-7H3/b14-13-,16-15+/t21?,23-,25+,26-,28-,30-,33-,34-,35-/m1/s1. The van der Waals surface area contributed by atoms with E-state index in [0.29, 0.717) is 17.6 Å². The molecule has 4 rings (SSSR count).